The second-order valence-corrected chi connectivity index (χ2v) is 10.7. The van der Waals surface area contributed by atoms with Gasteiger partial charge in [0.15, 0.2) is 0 Å². The first-order valence-electron chi connectivity index (χ1n) is 7.53. The highest BCUT2D eigenvalue weighted by molar-refractivity contribution is 7.71. The highest BCUT2D eigenvalue weighted by Crippen LogP contribution is 2.66. The number of phosphoric ester groups is 1. The zero-order valence-electron chi connectivity index (χ0n) is 14.4. The van der Waals surface area contributed by atoms with Crippen LogP contribution in [0.1, 0.15) is 13.2 Å². The molecule has 0 saturated carbocycles. The summed E-state index contributed by atoms with van der Waals surface area (Å²) in [4.78, 5) is 49.8. The Morgan fingerprint density at radius 2 is 1.83 bits per heavy atom. The van der Waals surface area contributed by atoms with Crippen LogP contribution in [-0.4, -0.2) is 53.0 Å². The summed E-state index contributed by atoms with van der Waals surface area (Å²) in [6.07, 6.45) is -2.24. The molecule has 15 nitrogen and oxygen atoms in total. The van der Waals surface area contributed by atoms with Gasteiger partial charge in [0.1, 0.15) is 17.0 Å². The molecular weight excluding hydrogens is 481 g/mol. The molecule has 0 bridgehead atoms. The van der Waals surface area contributed by atoms with Crippen LogP contribution in [0, 0.1) is 10.6 Å². The smallest absolute Gasteiger partial charge is 0.390 e. The number of ether oxygens (including phenoxy) is 1. The Morgan fingerprint density at radius 1 is 1.21 bits per heavy atom. The molecule has 0 amide bonds. The van der Waals surface area contributed by atoms with Crippen molar-refractivity contribution in [3.05, 3.63) is 27.4 Å². The summed E-state index contributed by atoms with van der Waals surface area (Å²) in [6.45, 7) is 0.678. The topological polar surface area (TPSA) is 227 Å². The lowest BCUT2D eigenvalue weighted by atomic mass is 10.0. The standard InChI is InChI=1S/C10H17N2O13P3S/c1-5-8(13)6(23-9(5)12-3-2-7(29)11-10(12)14)4-22-27(18,19)25-28(20,21)24-26(15,16)17/h2-3,5-6,8-9,13H,4H2,1H3,(H,18,19)(H,20,21)(H,11,14,29)(H2,15,16,17)/t5?,6-,8-,9-/m1/s1. The summed E-state index contributed by atoms with van der Waals surface area (Å²) in [7, 11) is -16.5. The van der Waals surface area contributed by atoms with Crippen molar-refractivity contribution in [3.63, 3.8) is 0 Å². The van der Waals surface area contributed by atoms with E-state index in [9.17, 15) is 28.5 Å². The fourth-order valence-corrected chi connectivity index (χ4v) is 5.62. The number of aromatic amines is 1. The van der Waals surface area contributed by atoms with E-state index in [1.165, 1.54) is 19.2 Å². The van der Waals surface area contributed by atoms with Gasteiger partial charge in [-0.1, -0.05) is 19.1 Å². The third-order valence-electron chi connectivity index (χ3n) is 3.63. The van der Waals surface area contributed by atoms with Crippen LogP contribution in [0.2, 0.25) is 0 Å². The summed E-state index contributed by atoms with van der Waals surface area (Å²) in [6, 6.07) is 1.40. The molecule has 2 heterocycles. The zero-order valence-corrected chi connectivity index (χ0v) is 17.9. The first-order valence-corrected chi connectivity index (χ1v) is 12.5. The first kappa shape index (κ1) is 24.7. The normalized spacial score (nSPS) is 29.3. The number of aliphatic hydroxyl groups is 1. The Balaban J connectivity index is 2.06. The van der Waals surface area contributed by atoms with E-state index in [4.69, 9.17) is 31.6 Å². The monoisotopic (exact) mass is 498 g/mol. The molecule has 0 aromatic carbocycles. The van der Waals surface area contributed by atoms with Gasteiger partial charge in [-0.05, 0) is 6.07 Å². The quantitative estimate of drug-likeness (QED) is 0.207. The summed E-state index contributed by atoms with van der Waals surface area (Å²) in [5.41, 5.74) is -0.630. The Labute approximate surface area is 167 Å². The lowest BCUT2D eigenvalue weighted by Gasteiger charge is -2.19. The van der Waals surface area contributed by atoms with E-state index in [1.54, 1.807) is 0 Å². The molecule has 29 heavy (non-hydrogen) atoms. The van der Waals surface area contributed by atoms with Crippen LogP contribution in [0.5, 0.6) is 0 Å². The third-order valence-corrected chi connectivity index (χ3v) is 7.67. The molecule has 0 aliphatic carbocycles. The van der Waals surface area contributed by atoms with Crippen LogP contribution in [0.4, 0.5) is 0 Å². The largest absolute Gasteiger partial charge is 0.490 e. The third kappa shape index (κ3) is 6.97. The van der Waals surface area contributed by atoms with E-state index < -0.39 is 60.1 Å². The van der Waals surface area contributed by atoms with Gasteiger partial charge >= 0.3 is 29.2 Å². The molecule has 1 saturated heterocycles. The molecule has 1 aromatic heterocycles. The van der Waals surface area contributed by atoms with Crippen molar-refractivity contribution in [1.29, 1.82) is 0 Å². The van der Waals surface area contributed by atoms with Gasteiger partial charge in [-0.2, -0.15) is 8.62 Å². The van der Waals surface area contributed by atoms with Crippen LogP contribution in [0.25, 0.3) is 0 Å². The van der Waals surface area contributed by atoms with Crippen molar-refractivity contribution >= 4 is 35.7 Å². The highest BCUT2D eigenvalue weighted by Gasteiger charge is 2.45. The maximum atomic E-state index is 12.0. The molecule has 1 aliphatic rings. The summed E-state index contributed by atoms with van der Waals surface area (Å²) >= 11 is 4.81. The number of hydrogen-bond acceptors (Lipinski definition) is 10. The Morgan fingerprint density at radius 3 is 2.38 bits per heavy atom. The molecule has 1 aromatic rings. The predicted octanol–water partition coefficient (Wildman–Crippen LogP) is 0.144. The van der Waals surface area contributed by atoms with Crippen molar-refractivity contribution in [2.24, 2.45) is 5.92 Å². The number of aliphatic hydroxyl groups excluding tert-OH is 1. The maximum Gasteiger partial charge on any atom is 0.490 e. The van der Waals surface area contributed by atoms with E-state index in [0.29, 0.717) is 0 Å². The van der Waals surface area contributed by atoms with Gasteiger partial charge < -0.3 is 29.4 Å². The lowest BCUT2D eigenvalue weighted by molar-refractivity contribution is -0.0467. The van der Waals surface area contributed by atoms with Crippen LogP contribution >= 0.6 is 35.7 Å². The number of aromatic nitrogens is 2. The van der Waals surface area contributed by atoms with Crippen molar-refractivity contribution in [1.82, 2.24) is 9.55 Å². The Hall–Kier alpha value is -0.570. The molecule has 1 aliphatic heterocycles. The highest BCUT2D eigenvalue weighted by atomic mass is 32.1. The average Bonchev–Trinajstić information content (AvgIpc) is 2.78. The number of H-pyrrole nitrogens is 1. The molecule has 166 valence electrons. The summed E-state index contributed by atoms with van der Waals surface area (Å²) in [5.74, 6) is -0.688. The molecular formula is C10H17N2O13P3S. The second kappa shape index (κ2) is 8.89. The number of nitrogens with one attached hydrogen (secondary N) is 1. The van der Waals surface area contributed by atoms with Gasteiger partial charge in [0.05, 0.1) is 12.7 Å². The van der Waals surface area contributed by atoms with Crippen LogP contribution in [0.15, 0.2) is 17.1 Å². The molecule has 19 heteroatoms. The average molecular weight is 498 g/mol. The molecule has 1 fully saturated rings. The van der Waals surface area contributed by atoms with E-state index in [0.717, 1.165) is 4.57 Å². The van der Waals surface area contributed by atoms with E-state index in [1.807, 2.05) is 0 Å². The molecule has 6 atom stereocenters. The first-order chi connectivity index (χ1) is 13.1. The van der Waals surface area contributed by atoms with Crippen LogP contribution < -0.4 is 5.69 Å². The second-order valence-electron chi connectivity index (χ2n) is 5.82. The maximum absolute atomic E-state index is 12.0. The van der Waals surface area contributed by atoms with E-state index >= 15 is 0 Å². The van der Waals surface area contributed by atoms with Gasteiger partial charge in [0.25, 0.3) is 0 Å². The van der Waals surface area contributed by atoms with Gasteiger partial charge in [-0.25, -0.2) is 18.5 Å². The van der Waals surface area contributed by atoms with Crippen LogP contribution in [-0.2, 0) is 31.6 Å². The molecule has 2 rings (SSSR count). The minimum atomic E-state index is -5.66. The molecule has 0 spiro atoms. The lowest BCUT2D eigenvalue weighted by Crippen LogP contribution is -2.30. The number of phosphoric acid groups is 3. The minimum Gasteiger partial charge on any atom is -0.390 e. The van der Waals surface area contributed by atoms with Crippen molar-refractivity contribution < 1.29 is 56.3 Å². The Kier molecular flexibility index (Phi) is 7.57. The van der Waals surface area contributed by atoms with Gasteiger partial charge in [-0.3, -0.25) is 14.1 Å². The Bertz CT molecular complexity index is 1000. The van der Waals surface area contributed by atoms with Crippen LogP contribution in [0.3, 0.4) is 0 Å². The molecule has 0 radical (unpaired) electrons. The molecule has 6 N–H and O–H groups in total. The fourth-order valence-electron chi connectivity index (χ4n) is 2.45. The zero-order chi connectivity index (χ0) is 22.2. The van der Waals surface area contributed by atoms with Crippen molar-refractivity contribution in [2.75, 3.05) is 6.61 Å². The van der Waals surface area contributed by atoms with Crippen molar-refractivity contribution in [3.8, 4) is 0 Å². The summed E-state index contributed by atoms with van der Waals surface area (Å²) < 4.78 is 51.9. The minimum absolute atomic E-state index is 0.168. The fraction of sp³-hybridized carbons (Fsp3) is 0.600. The predicted molar refractivity (Wildman–Crippen MR) is 94.8 cm³/mol. The number of rotatable bonds is 8. The van der Waals surface area contributed by atoms with Gasteiger partial charge in [0, 0.05) is 12.1 Å². The SMILES string of the molecule is CC1[C@@H](O)[C@@H](COP(=O)(O)OP(=O)(O)OP(=O)(O)O)O[C@H]1n1ccc(=S)[nH]c1=O. The summed E-state index contributed by atoms with van der Waals surface area (Å²) in [5, 5.41) is 10.2. The molecule has 3 unspecified atom stereocenters. The van der Waals surface area contributed by atoms with E-state index in [2.05, 4.69) is 18.1 Å². The van der Waals surface area contributed by atoms with Crippen molar-refractivity contribution in [2.45, 2.75) is 25.4 Å². The van der Waals surface area contributed by atoms with E-state index in [-0.39, 0.29) is 4.64 Å². The van der Waals surface area contributed by atoms with Gasteiger partial charge in [-0.15, -0.1) is 0 Å². The van der Waals surface area contributed by atoms with Gasteiger partial charge in [0.2, 0.25) is 0 Å². The number of nitrogens with zero attached hydrogens (tertiary/aromatic N) is 1. The number of hydrogen-bond donors (Lipinski definition) is 6.